The van der Waals surface area contributed by atoms with Gasteiger partial charge in [0, 0.05) is 56.8 Å². The van der Waals surface area contributed by atoms with Crippen LogP contribution in [0.3, 0.4) is 0 Å². The van der Waals surface area contributed by atoms with E-state index in [0.29, 0.717) is 5.92 Å². The van der Waals surface area contributed by atoms with Gasteiger partial charge in [-0.05, 0) is 26.7 Å². The SMILES string of the molecule is CCNC(=NCCc1sc(C)nc1C)N(C)Cc1cn(C)nc1C(C)C. The first-order valence-electron chi connectivity index (χ1n) is 9.26. The summed E-state index contributed by atoms with van der Waals surface area (Å²) in [6.45, 7) is 13.0. The van der Waals surface area contributed by atoms with Crippen molar-refractivity contribution in [3.05, 3.63) is 33.0 Å². The number of hydrogen-bond donors (Lipinski definition) is 1. The van der Waals surface area contributed by atoms with E-state index in [1.165, 1.54) is 10.4 Å². The van der Waals surface area contributed by atoms with Crippen LogP contribution in [0.4, 0.5) is 0 Å². The summed E-state index contributed by atoms with van der Waals surface area (Å²) in [4.78, 5) is 12.8. The van der Waals surface area contributed by atoms with Crippen molar-refractivity contribution in [2.45, 2.75) is 53.5 Å². The molecule has 0 unspecified atom stereocenters. The van der Waals surface area contributed by atoms with Gasteiger partial charge in [-0.1, -0.05) is 13.8 Å². The van der Waals surface area contributed by atoms with Gasteiger partial charge in [0.2, 0.25) is 0 Å². The van der Waals surface area contributed by atoms with Crippen molar-refractivity contribution in [1.82, 2.24) is 25.0 Å². The zero-order chi connectivity index (χ0) is 19.3. The molecule has 0 aromatic carbocycles. The van der Waals surface area contributed by atoms with Crippen LogP contribution in [0.15, 0.2) is 11.2 Å². The molecule has 0 saturated carbocycles. The third kappa shape index (κ3) is 5.30. The van der Waals surface area contributed by atoms with E-state index in [-0.39, 0.29) is 0 Å². The van der Waals surface area contributed by atoms with E-state index in [4.69, 9.17) is 4.99 Å². The average molecular weight is 377 g/mol. The fourth-order valence-corrected chi connectivity index (χ4v) is 3.96. The third-order valence-electron chi connectivity index (χ3n) is 4.19. The first-order valence-corrected chi connectivity index (χ1v) is 10.1. The Kier molecular flexibility index (Phi) is 7.20. The summed E-state index contributed by atoms with van der Waals surface area (Å²) in [5.41, 5.74) is 3.55. The molecular weight excluding hydrogens is 344 g/mol. The summed E-state index contributed by atoms with van der Waals surface area (Å²) in [7, 11) is 4.06. The molecule has 0 atom stereocenters. The Morgan fingerprint density at radius 3 is 2.69 bits per heavy atom. The largest absolute Gasteiger partial charge is 0.357 e. The minimum absolute atomic E-state index is 0.414. The van der Waals surface area contributed by atoms with Gasteiger partial charge in [0.05, 0.1) is 16.4 Å². The number of aliphatic imine (C=N–C) groups is 1. The molecule has 6 nitrogen and oxygen atoms in total. The Hall–Kier alpha value is -1.89. The summed E-state index contributed by atoms with van der Waals surface area (Å²) >= 11 is 1.77. The lowest BCUT2D eigenvalue weighted by molar-refractivity contribution is 0.473. The van der Waals surface area contributed by atoms with Gasteiger partial charge >= 0.3 is 0 Å². The standard InChI is InChI=1S/C19H32N6S/c1-8-20-19(21-10-9-17-14(4)22-15(5)26-17)24(6)11-16-12-25(7)23-18(16)13(2)3/h12-13H,8-11H2,1-7H3,(H,20,21). The Bertz CT molecular complexity index is 743. The number of rotatable bonds is 7. The monoisotopic (exact) mass is 376 g/mol. The molecule has 1 N–H and O–H groups in total. The van der Waals surface area contributed by atoms with Crippen LogP contribution < -0.4 is 5.32 Å². The maximum absolute atomic E-state index is 4.82. The van der Waals surface area contributed by atoms with E-state index in [1.54, 1.807) is 11.3 Å². The number of hydrogen-bond acceptors (Lipinski definition) is 4. The quantitative estimate of drug-likeness (QED) is 0.595. The van der Waals surface area contributed by atoms with Gasteiger partial charge in [0.15, 0.2) is 5.96 Å². The first-order chi connectivity index (χ1) is 12.3. The van der Waals surface area contributed by atoms with Crippen molar-refractivity contribution in [2.24, 2.45) is 12.0 Å². The number of aromatic nitrogens is 3. The lowest BCUT2D eigenvalue weighted by atomic mass is 10.1. The van der Waals surface area contributed by atoms with Crippen LogP contribution in [0.5, 0.6) is 0 Å². The highest BCUT2D eigenvalue weighted by molar-refractivity contribution is 7.11. The molecule has 26 heavy (non-hydrogen) atoms. The van der Waals surface area contributed by atoms with E-state index in [2.05, 4.69) is 68.2 Å². The molecule has 2 heterocycles. The molecule has 7 heteroatoms. The molecular formula is C19H32N6S. The number of nitrogens with one attached hydrogen (secondary N) is 1. The summed E-state index contributed by atoms with van der Waals surface area (Å²) in [6.07, 6.45) is 3.04. The van der Waals surface area contributed by atoms with Crippen LogP contribution in [-0.4, -0.2) is 45.8 Å². The summed E-state index contributed by atoms with van der Waals surface area (Å²) < 4.78 is 1.90. The van der Waals surface area contributed by atoms with Gasteiger partial charge in [-0.2, -0.15) is 5.10 Å². The van der Waals surface area contributed by atoms with Crippen molar-refractivity contribution in [3.8, 4) is 0 Å². The van der Waals surface area contributed by atoms with Crippen molar-refractivity contribution < 1.29 is 0 Å². The topological polar surface area (TPSA) is 58.3 Å². The summed E-state index contributed by atoms with van der Waals surface area (Å²) in [5, 5.41) is 9.14. The normalized spacial score (nSPS) is 12.1. The fourth-order valence-electron chi connectivity index (χ4n) is 3.03. The fraction of sp³-hybridized carbons (Fsp3) is 0.632. The average Bonchev–Trinajstić information content (AvgIpc) is 3.08. The van der Waals surface area contributed by atoms with Crippen molar-refractivity contribution in [1.29, 1.82) is 0 Å². The molecule has 0 aliphatic carbocycles. The molecule has 0 fully saturated rings. The molecule has 0 radical (unpaired) electrons. The summed E-state index contributed by atoms with van der Waals surface area (Å²) in [6, 6.07) is 0. The molecule has 0 saturated heterocycles. The maximum Gasteiger partial charge on any atom is 0.193 e. The van der Waals surface area contributed by atoms with Crippen LogP contribution in [0.25, 0.3) is 0 Å². The lowest BCUT2D eigenvalue weighted by Gasteiger charge is -2.22. The van der Waals surface area contributed by atoms with E-state index in [0.717, 1.165) is 48.4 Å². The van der Waals surface area contributed by atoms with E-state index >= 15 is 0 Å². The van der Waals surface area contributed by atoms with E-state index < -0.39 is 0 Å². The predicted octanol–water partition coefficient (Wildman–Crippen LogP) is 3.26. The zero-order valence-corrected chi connectivity index (χ0v) is 17.9. The van der Waals surface area contributed by atoms with Crippen LogP contribution >= 0.6 is 11.3 Å². The Morgan fingerprint density at radius 2 is 2.12 bits per heavy atom. The first kappa shape index (κ1) is 20.4. The van der Waals surface area contributed by atoms with Gasteiger partial charge in [0.25, 0.3) is 0 Å². The second-order valence-electron chi connectivity index (χ2n) is 6.95. The van der Waals surface area contributed by atoms with Crippen LogP contribution in [-0.2, 0) is 20.0 Å². The highest BCUT2D eigenvalue weighted by Gasteiger charge is 2.15. The smallest absolute Gasteiger partial charge is 0.193 e. The second kappa shape index (κ2) is 9.16. The zero-order valence-electron chi connectivity index (χ0n) is 17.1. The maximum atomic E-state index is 4.82. The van der Waals surface area contributed by atoms with Crippen molar-refractivity contribution in [2.75, 3.05) is 20.1 Å². The molecule has 2 rings (SSSR count). The molecule has 0 spiro atoms. The predicted molar refractivity (Wildman–Crippen MR) is 110 cm³/mol. The number of nitrogens with zero attached hydrogens (tertiary/aromatic N) is 5. The van der Waals surface area contributed by atoms with Crippen LogP contribution in [0, 0.1) is 13.8 Å². The highest BCUT2D eigenvalue weighted by atomic mass is 32.1. The van der Waals surface area contributed by atoms with E-state index in [1.807, 2.05) is 11.7 Å². The number of thiazole rings is 1. The molecule has 0 aliphatic heterocycles. The van der Waals surface area contributed by atoms with Crippen molar-refractivity contribution >= 4 is 17.3 Å². The Morgan fingerprint density at radius 1 is 1.38 bits per heavy atom. The van der Waals surface area contributed by atoms with E-state index in [9.17, 15) is 0 Å². The van der Waals surface area contributed by atoms with Gasteiger partial charge < -0.3 is 10.2 Å². The minimum atomic E-state index is 0.414. The molecule has 2 aromatic rings. The van der Waals surface area contributed by atoms with Gasteiger partial charge in [-0.25, -0.2) is 4.98 Å². The Labute approximate surface area is 161 Å². The van der Waals surface area contributed by atoms with Gasteiger partial charge in [0.1, 0.15) is 0 Å². The third-order valence-corrected chi connectivity index (χ3v) is 5.32. The molecule has 144 valence electrons. The van der Waals surface area contributed by atoms with Crippen molar-refractivity contribution in [3.63, 3.8) is 0 Å². The lowest BCUT2D eigenvalue weighted by Crippen LogP contribution is -2.38. The summed E-state index contributed by atoms with van der Waals surface area (Å²) in [5.74, 6) is 1.35. The van der Waals surface area contributed by atoms with Gasteiger partial charge in [-0.15, -0.1) is 11.3 Å². The molecule has 0 amide bonds. The Balaban J connectivity index is 2.06. The highest BCUT2D eigenvalue weighted by Crippen LogP contribution is 2.19. The molecule has 0 bridgehead atoms. The minimum Gasteiger partial charge on any atom is -0.357 e. The second-order valence-corrected chi connectivity index (χ2v) is 8.24. The molecule has 2 aromatic heterocycles. The molecule has 0 aliphatic rings. The van der Waals surface area contributed by atoms with Gasteiger partial charge in [-0.3, -0.25) is 9.67 Å². The van der Waals surface area contributed by atoms with Crippen LogP contribution in [0.2, 0.25) is 0 Å². The number of guanidine groups is 1. The number of aryl methyl sites for hydroxylation is 3. The van der Waals surface area contributed by atoms with Crippen LogP contribution in [0.1, 0.15) is 53.5 Å².